The van der Waals surface area contributed by atoms with Crippen molar-refractivity contribution in [3.05, 3.63) is 60.7 Å². The maximum atomic E-state index is 2.37. The van der Waals surface area contributed by atoms with Crippen molar-refractivity contribution in [3.8, 4) is 0 Å². The maximum Gasteiger partial charge on any atom is 0.120 e. The van der Waals surface area contributed by atoms with E-state index >= 15 is 0 Å². The van der Waals surface area contributed by atoms with Gasteiger partial charge in [0.15, 0.2) is 0 Å². The second-order valence-electron chi connectivity index (χ2n) is 5.44. The predicted molar refractivity (Wildman–Crippen MR) is 82.7 cm³/mol. The molecule has 2 aromatic carbocycles. The number of hydrogen-bond donors (Lipinski definition) is 0. The Morgan fingerprint density at radius 1 is 0.722 bits per heavy atom. The molecule has 18 heavy (non-hydrogen) atoms. The SMILES string of the molecule is c1ccc([Si]2(c3ccccc3)CC3SC3C2)cc1. The average Bonchev–Trinajstić information content (AvgIpc) is 3.08. The zero-order chi connectivity index (χ0) is 12.0. The lowest BCUT2D eigenvalue weighted by Crippen LogP contribution is -2.57. The van der Waals surface area contributed by atoms with Crippen LogP contribution < -0.4 is 10.4 Å². The lowest BCUT2D eigenvalue weighted by Gasteiger charge is -2.29. The van der Waals surface area contributed by atoms with Gasteiger partial charge < -0.3 is 0 Å². The van der Waals surface area contributed by atoms with Crippen LogP contribution in [0.15, 0.2) is 60.7 Å². The summed E-state index contributed by atoms with van der Waals surface area (Å²) in [5, 5.41) is 5.22. The van der Waals surface area contributed by atoms with Crippen molar-refractivity contribution in [1.29, 1.82) is 0 Å². The number of thioether (sulfide) groups is 1. The summed E-state index contributed by atoms with van der Waals surface area (Å²) in [7, 11) is -1.42. The Balaban J connectivity index is 1.85. The molecule has 2 aliphatic rings. The fraction of sp³-hybridized carbons (Fsp3) is 0.250. The molecule has 2 saturated heterocycles. The van der Waals surface area contributed by atoms with Gasteiger partial charge >= 0.3 is 0 Å². The summed E-state index contributed by atoms with van der Waals surface area (Å²) in [6, 6.07) is 25.5. The summed E-state index contributed by atoms with van der Waals surface area (Å²) in [6.07, 6.45) is 0. The molecule has 0 aliphatic carbocycles. The molecule has 90 valence electrons. The summed E-state index contributed by atoms with van der Waals surface area (Å²) in [5.74, 6) is 0. The first-order valence-corrected chi connectivity index (χ1v) is 10.0. The maximum absolute atomic E-state index is 2.37. The molecule has 2 unspecified atom stereocenters. The molecule has 4 rings (SSSR count). The molecule has 2 aliphatic heterocycles. The second kappa shape index (κ2) is 4.00. The van der Waals surface area contributed by atoms with Crippen molar-refractivity contribution in [1.82, 2.24) is 0 Å². The Kier molecular flexibility index (Phi) is 2.42. The minimum Gasteiger partial charge on any atom is -0.153 e. The van der Waals surface area contributed by atoms with Gasteiger partial charge in [0.1, 0.15) is 8.07 Å². The van der Waals surface area contributed by atoms with Crippen LogP contribution in [0.2, 0.25) is 12.1 Å². The van der Waals surface area contributed by atoms with Crippen LogP contribution in [0.25, 0.3) is 0 Å². The van der Waals surface area contributed by atoms with Gasteiger partial charge in [-0.2, -0.15) is 11.8 Å². The van der Waals surface area contributed by atoms with Crippen molar-refractivity contribution >= 4 is 30.2 Å². The van der Waals surface area contributed by atoms with Gasteiger partial charge in [0.05, 0.1) is 0 Å². The standard InChI is InChI=1S/C16H16SSi/c1-3-7-13(8-4-1)18(11-15-16(12-18)17-15)14-9-5-2-6-10-14/h1-10,15-16H,11-12H2. The minimum atomic E-state index is -1.42. The molecule has 2 atom stereocenters. The monoisotopic (exact) mass is 268 g/mol. The van der Waals surface area contributed by atoms with E-state index in [2.05, 4.69) is 72.4 Å². The Hall–Kier alpha value is -0.993. The van der Waals surface area contributed by atoms with Crippen LogP contribution in [0.4, 0.5) is 0 Å². The highest BCUT2D eigenvalue weighted by Gasteiger charge is 2.57. The van der Waals surface area contributed by atoms with E-state index in [4.69, 9.17) is 0 Å². The van der Waals surface area contributed by atoms with Gasteiger partial charge in [0.25, 0.3) is 0 Å². The largest absolute Gasteiger partial charge is 0.153 e. The van der Waals surface area contributed by atoms with Gasteiger partial charge in [-0.1, -0.05) is 71.0 Å². The highest BCUT2D eigenvalue weighted by atomic mass is 32.2. The molecule has 0 spiro atoms. The molecule has 0 N–H and O–H groups in total. The van der Waals surface area contributed by atoms with Gasteiger partial charge in [-0.3, -0.25) is 0 Å². The highest BCUT2D eigenvalue weighted by Crippen LogP contribution is 2.56. The fourth-order valence-electron chi connectivity index (χ4n) is 3.46. The molecule has 0 nitrogen and oxygen atoms in total. The third kappa shape index (κ3) is 1.59. The van der Waals surface area contributed by atoms with Crippen LogP contribution in [-0.2, 0) is 0 Å². The van der Waals surface area contributed by atoms with E-state index in [0.717, 1.165) is 10.5 Å². The van der Waals surface area contributed by atoms with Crippen molar-refractivity contribution in [2.75, 3.05) is 0 Å². The van der Waals surface area contributed by atoms with E-state index in [9.17, 15) is 0 Å². The summed E-state index contributed by atoms with van der Waals surface area (Å²) < 4.78 is 0. The average molecular weight is 268 g/mol. The first kappa shape index (κ1) is 10.9. The van der Waals surface area contributed by atoms with Gasteiger partial charge in [-0.15, -0.1) is 0 Å². The lowest BCUT2D eigenvalue weighted by molar-refractivity contribution is 1.10. The Morgan fingerprint density at radius 2 is 1.17 bits per heavy atom. The molecular weight excluding hydrogens is 252 g/mol. The second-order valence-corrected chi connectivity index (χ2v) is 11.1. The van der Waals surface area contributed by atoms with Crippen LogP contribution in [0.3, 0.4) is 0 Å². The molecule has 2 fully saturated rings. The van der Waals surface area contributed by atoms with Gasteiger partial charge in [-0.25, -0.2) is 0 Å². The Labute approximate surface area is 113 Å². The van der Waals surface area contributed by atoms with Crippen molar-refractivity contribution < 1.29 is 0 Å². The van der Waals surface area contributed by atoms with E-state index < -0.39 is 8.07 Å². The topological polar surface area (TPSA) is 0 Å². The summed E-state index contributed by atoms with van der Waals surface area (Å²) >= 11 is 2.20. The predicted octanol–water partition coefficient (Wildman–Crippen LogP) is 2.75. The molecule has 0 aromatic heterocycles. The Bertz CT molecular complexity index is 500. The van der Waals surface area contributed by atoms with E-state index in [1.807, 2.05) is 0 Å². The number of benzene rings is 2. The number of fused-ring (bicyclic) bond motifs is 1. The highest BCUT2D eigenvalue weighted by molar-refractivity contribution is 8.08. The third-order valence-corrected chi connectivity index (χ3v) is 11.6. The molecule has 0 amide bonds. The van der Waals surface area contributed by atoms with E-state index in [1.54, 1.807) is 10.4 Å². The lowest BCUT2D eigenvalue weighted by atomic mass is 10.4. The molecule has 2 aromatic rings. The van der Waals surface area contributed by atoms with E-state index in [1.165, 1.54) is 12.1 Å². The minimum absolute atomic E-state index is 0.970. The van der Waals surface area contributed by atoms with Gasteiger partial charge in [0, 0.05) is 10.5 Å². The van der Waals surface area contributed by atoms with Crippen LogP contribution in [0.1, 0.15) is 0 Å². The zero-order valence-electron chi connectivity index (χ0n) is 10.3. The van der Waals surface area contributed by atoms with Crippen LogP contribution in [0, 0.1) is 0 Å². The zero-order valence-corrected chi connectivity index (χ0v) is 12.1. The van der Waals surface area contributed by atoms with Crippen molar-refractivity contribution in [2.45, 2.75) is 22.6 Å². The van der Waals surface area contributed by atoms with Crippen molar-refractivity contribution in [3.63, 3.8) is 0 Å². The molecule has 0 bridgehead atoms. The number of hydrogen-bond acceptors (Lipinski definition) is 1. The van der Waals surface area contributed by atoms with Gasteiger partial charge in [0.2, 0.25) is 0 Å². The summed E-state index contributed by atoms with van der Waals surface area (Å²) in [6.45, 7) is 0. The molecular formula is C16H16SSi. The van der Waals surface area contributed by atoms with Crippen LogP contribution in [-0.4, -0.2) is 18.6 Å². The Morgan fingerprint density at radius 3 is 1.61 bits per heavy atom. The van der Waals surface area contributed by atoms with Crippen LogP contribution >= 0.6 is 11.8 Å². The van der Waals surface area contributed by atoms with Gasteiger partial charge in [-0.05, 0) is 12.1 Å². The third-order valence-electron chi connectivity index (χ3n) is 4.44. The molecule has 0 saturated carbocycles. The molecule has 2 heteroatoms. The van der Waals surface area contributed by atoms with Crippen molar-refractivity contribution in [2.24, 2.45) is 0 Å². The smallest absolute Gasteiger partial charge is 0.120 e. The molecule has 0 radical (unpaired) electrons. The van der Waals surface area contributed by atoms with E-state index in [0.29, 0.717) is 0 Å². The van der Waals surface area contributed by atoms with E-state index in [-0.39, 0.29) is 0 Å². The number of rotatable bonds is 2. The quantitative estimate of drug-likeness (QED) is 0.596. The normalized spacial score (nSPS) is 27.8. The first-order valence-electron chi connectivity index (χ1n) is 6.65. The summed E-state index contributed by atoms with van der Waals surface area (Å²) in [5.41, 5.74) is 0. The fourth-order valence-corrected chi connectivity index (χ4v) is 11.9. The summed E-state index contributed by atoms with van der Waals surface area (Å²) in [4.78, 5) is 0. The molecule has 2 heterocycles. The first-order chi connectivity index (χ1) is 8.88. The van der Waals surface area contributed by atoms with Crippen LogP contribution in [0.5, 0.6) is 0 Å².